The van der Waals surface area contributed by atoms with Crippen LogP contribution in [0.2, 0.25) is 5.02 Å². The maximum Gasteiger partial charge on any atom is 0.141 e. The molecule has 0 spiro atoms. The molecule has 2 aromatic carbocycles. The molecule has 0 aliphatic rings. The lowest BCUT2D eigenvalue weighted by atomic mass is 10.1. The van der Waals surface area contributed by atoms with Crippen molar-refractivity contribution in [2.24, 2.45) is 0 Å². The van der Waals surface area contributed by atoms with Gasteiger partial charge in [0.15, 0.2) is 0 Å². The van der Waals surface area contributed by atoms with Crippen LogP contribution in [0.4, 0.5) is 10.1 Å². The number of hydrogen-bond acceptors (Lipinski definition) is 2. The maximum atomic E-state index is 13.0. The van der Waals surface area contributed by atoms with Gasteiger partial charge in [-0.1, -0.05) is 23.7 Å². The average molecular weight is 280 g/mol. The summed E-state index contributed by atoms with van der Waals surface area (Å²) in [6, 6.07) is 10.6. The lowest BCUT2D eigenvalue weighted by Gasteiger charge is -2.10. The normalized spacial score (nSPS) is 10.3. The Morgan fingerprint density at radius 1 is 1.21 bits per heavy atom. The van der Waals surface area contributed by atoms with Crippen LogP contribution in [0.3, 0.4) is 0 Å². The minimum absolute atomic E-state index is 0.121. The molecule has 0 aliphatic heterocycles. The van der Waals surface area contributed by atoms with Crippen LogP contribution in [-0.4, -0.2) is 7.11 Å². The van der Waals surface area contributed by atoms with Gasteiger partial charge in [-0.2, -0.15) is 0 Å². The van der Waals surface area contributed by atoms with Crippen molar-refractivity contribution in [2.75, 3.05) is 12.4 Å². The molecule has 0 radical (unpaired) electrons. The number of benzene rings is 2. The van der Waals surface area contributed by atoms with E-state index in [1.54, 1.807) is 19.2 Å². The summed E-state index contributed by atoms with van der Waals surface area (Å²) in [4.78, 5) is 0. The summed E-state index contributed by atoms with van der Waals surface area (Å²) in [5, 5.41) is 3.32. The van der Waals surface area contributed by atoms with E-state index >= 15 is 0 Å². The molecule has 1 N–H and O–H groups in total. The van der Waals surface area contributed by atoms with Crippen molar-refractivity contribution in [3.63, 3.8) is 0 Å². The van der Waals surface area contributed by atoms with Crippen LogP contribution in [0.5, 0.6) is 5.75 Å². The first-order chi connectivity index (χ1) is 9.10. The molecule has 0 unspecified atom stereocenters. The molecule has 0 bridgehead atoms. The van der Waals surface area contributed by atoms with E-state index in [9.17, 15) is 4.39 Å². The first kappa shape index (κ1) is 13.7. The van der Waals surface area contributed by atoms with Crippen molar-refractivity contribution in [1.29, 1.82) is 0 Å². The van der Waals surface area contributed by atoms with Gasteiger partial charge < -0.3 is 10.1 Å². The summed E-state index contributed by atoms with van der Waals surface area (Å²) in [6.07, 6.45) is 0. The number of rotatable bonds is 4. The van der Waals surface area contributed by atoms with Gasteiger partial charge in [-0.15, -0.1) is 0 Å². The van der Waals surface area contributed by atoms with Crippen LogP contribution in [0.25, 0.3) is 0 Å². The zero-order valence-corrected chi connectivity index (χ0v) is 11.6. The number of anilines is 1. The van der Waals surface area contributed by atoms with E-state index in [0.717, 1.165) is 22.6 Å². The molecule has 2 rings (SSSR count). The fraction of sp³-hybridized carbons (Fsp3) is 0.200. The molecule has 0 aromatic heterocycles. The third-order valence-corrected chi connectivity index (χ3v) is 3.17. The number of aryl methyl sites for hydroxylation is 1. The summed E-state index contributed by atoms with van der Waals surface area (Å²) in [5.41, 5.74) is 3.00. The molecule has 2 nitrogen and oxygen atoms in total. The summed E-state index contributed by atoms with van der Waals surface area (Å²) < 4.78 is 18.2. The van der Waals surface area contributed by atoms with Crippen molar-refractivity contribution in [3.8, 4) is 5.75 Å². The van der Waals surface area contributed by atoms with Crippen molar-refractivity contribution < 1.29 is 9.13 Å². The number of ether oxygens (including phenoxy) is 1. The van der Waals surface area contributed by atoms with Gasteiger partial charge in [-0.3, -0.25) is 0 Å². The van der Waals surface area contributed by atoms with Gasteiger partial charge in [-0.25, -0.2) is 4.39 Å². The van der Waals surface area contributed by atoms with E-state index < -0.39 is 5.82 Å². The molecule has 100 valence electrons. The molecular formula is C15H15ClFNO. The van der Waals surface area contributed by atoms with E-state index in [0.29, 0.717) is 6.54 Å². The van der Waals surface area contributed by atoms with Crippen LogP contribution in [-0.2, 0) is 6.54 Å². The van der Waals surface area contributed by atoms with Gasteiger partial charge in [0.25, 0.3) is 0 Å². The van der Waals surface area contributed by atoms with E-state index in [1.807, 2.05) is 19.1 Å². The molecular weight excluding hydrogens is 265 g/mol. The zero-order chi connectivity index (χ0) is 13.8. The third kappa shape index (κ3) is 3.38. The molecule has 0 atom stereocenters. The third-order valence-electron chi connectivity index (χ3n) is 2.88. The van der Waals surface area contributed by atoms with Gasteiger partial charge in [0.05, 0.1) is 12.1 Å². The van der Waals surface area contributed by atoms with E-state index in [-0.39, 0.29) is 5.02 Å². The minimum atomic E-state index is -0.410. The highest BCUT2D eigenvalue weighted by Gasteiger charge is 2.02. The van der Waals surface area contributed by atoms with E-state index in [1.165, 1.54) is 6.07 Å². The molecule has 19 heavy (non-hydrogen) atoms. The lowest BCUT2D eigenvalue weighted by molar-refractivity contribution is 0.411. The Hall–Kier alpha value is -1.74. The molecule has 0 fully saturated rings. The highest BCUT2D eigenvalue weighted by atomic mass is 35.5. The second kappa shape index (κ2) is 5.93. The first-order valence-electron chi connectivity index (χ1n) is 5.92. The number of hydrogen-bond donors (Lipinski definition) is 1. The standard InChI is InChI=1S/C15H15ClFNO/c1-10-7-11(3-6-15(10)19-2)9-18-12-4-5-14(17)13(16)8-12/h3-8,18H,9H2,1-2H3. The second-order valence-corrected chi connectivity index (χ2v) is 4.69. The fourth-order valence-corrected chi connectivity index (χ4v) is 2.04. The minimum Gasteiger partial charge on any atom is -0.496 e. The van der Waals surface area contributed by atoms with Crippen LogP contribution < -0.4 is 10.1 Å². The van der Waals surface area contributed by atoms with Gasteiger partial charge in [0.2, 0.25) is 0 Å². The Labute approximate surface area is 117 Å². The Morgan fingerprint density at radius 2 is 2.00 bits per heavy atom. The van der Waals surface area contributed by atoms with Gasteiger partial charge in [0, 0.05) is 12.2 Å². The Morgan fingerprint density at radius 3 is 2.63 bits per heavy atom. The zero-order valence-electron chi connectivity index (χ0n) is 10.8. The maximum absolute atomic E-state index is 13.0. The number of halogens is 2. The average Bonchev–Trinajstić information content (AvgIpc) is 2.40. The van der Waals surface area contributed by atoms with Gasteiger partial charge in [-0.05, 0) is 42.3 Å². The SMILES string of the molecule is COc1ccc(CNc2ccc(F)c(Cl)c2)cc1C. The van der Waals surface area contributed by atoms with Crippen molar-refractivity contribution in [1.82, 2.24) is 0 Å². The van der Waals surface area contributed by atoms with Crippen LogP contribution in [0.15, 0.2) is 36.4 Å². The first-order valence-corrected chi connectivity index (χ1v) is 6.30. The molecule has 2 aromatic rings. The molecule has 0 amide bonds. The van der Waals surface area contributed by atoms with Crippen molar-refractivity contribution in [3.05, 3.63) is 58.4 Å². The number of methoxy groups -OCH3 is 1. The Bertz CT molecular complexity index is 586. The van der Waals surface area contributed by atoms with Crippen LogP contribution in [0.1, 0.15) is 11.1 Å². The summed E-state index contributed by atoms with van der Waals surface area (Å²) >= 11 is 5.73. The highest BCUT2D eigenvalue weighted by molar-refractivity contribution is 6.31. The largest absolute Gasteiger partial charge is 0.496 e. The highest BCUT2D eigenvalue weighted by Crippen LogP contribution is 2.21. The smallest absolute Gasteiger partial charge is 0.141 e. The lowest BCUT2D eigenvalue weighted by Crippen LogP contribution is -2.00. The van der Waals surface area contributed by atoms with E-state index in [4.69, 9.17) is 16.3 Å². The molecule has 0 aliphatic carbocycles. The quantitative estimate of drug-likeness (QED) is 0.895. The van der Waals surface area contributed by atoms with Gasteiger partial charge >= 0.3 is 0 Å². The molecule has 0 saturated carbocycles. The van der Waals surface area contributed by atoms with Crippen molar-refractivity contribution >= 4 is 17.3 Å². The predicted octanol–water partition coefficient (Wildman–Crippen LogP) is 4.41. The molecule has 0 saturated heterocycles. The van der Waals surface area contributed by atoms with Crippen LogP contribution in [0, 0.1) is 12.7 Å². The van der Waals surface area contributed by atoms with Crippen molar-refractivity contribution in [2.45, 2.75) is 13.5 Å². The fourth-order valence-electron chi connectivity index (χ4n) is 1.86. The Balaban J connectivity index is 2.05. The molecule has 4 heteroatoms. The Kier molecular flexibility index (Phi) is 4.27. The summed E-state index contributed by atoms with van der Waals surface area (Å²) in [5.74, 6) is 0.459. The topological polar surface area (TPSA) is 21.3 Å². The summed E-state index contributed by atoms with van der Waals surface area (Å²) in [6.45, 7) is 2.64. The second-order valence-electron chi connectivity index (χ2n) is 4.29. The van der Waals surface area contributed by atoms with Gasteiger partial charge in [0.1, 0.15) is 11.6 Å². The van der Waals surface area contributed by atoms with E-state index in [2.05, 4.69) is 11.4 Å². The predicted molar refractivity (Wildman–Crippen MR) is 76.5 cm³/mol. The van der Waals surface area contributed by atoms with Crippen LogP contribution >= 0.6 is 11.6 Å². The number of nitrogens with one attached hydrogen (secondary N) is 1. The molecule has 0 heterocycles. The summed E-state index contributed by atoms with van der Waals surface area (Å²) in [7, 11) is 1.65. The monoisotopic (exact) mass is 279 g/mol.